The van der Waals surface area contributed by atoms with E-state index in [1.165, 1.54) is 5.56 Å². The van der Waals surface area contributed by atoms with Crippen LogP contribution in [0.2, 0.25) is 5.28 Å². The molecule has 0 saturated carbocycles. The number of benzene rings is 1. The summed E-state index contributed by atoms with van der Waals surface area (Å²) in [6.07, 6.45) is 2.87. The van der Waals surface area contributed by atoms with E-state index in [4.69, 9.17) is 0 Å². The maximum Gasteiger partial charge on any atom is 0.342 e. The van der Waals surface area contributed by atoms with Crippen molar-refractivity contribution in [2.24, 2.45) is 0 Å². The number of carbonyl (C=O) groups excluding carboxylic acids is 1. The molecule has 0 aliphatic carbocycles. The number of carbonyl (C=O) groups is 1. The normalized spacial score (nSPS) is 9.79. The molecule has 0 aromatic heterocycles. The molecule has 0 aliphatic rings. The smallest absolute Gasteiger partial charge is 0.321 e. The first-order chi connectivity index (χ1) is 6.83. The minimum atomic E-state index is -0.393. The molecule has 0 spiro atoms. The molecule has 1 rings (SSSR count). The van der Waals surface area contributed by atoms with E-state index in [2.05, 4.69) is 31.2 Å². The molecule has 0 N–H and O–H groups in total. The van der Waals surface area contributed by atoms with Crippen LogP contribution >= 0.6 is 0 Å². The fourth-order valence-electron chi connectivity index (χ4n) is 1.54. The lowest BCUT2D eigenvalue weighted by molar-refractivity contribution is -0.112. The second kappa shape index (κ2) is 6.81. The zero-order chi connectivity index (χ0) is 10.2. The van der Waals surface area contributed by atoms with Gasteiger partial charge in [-0.1, -0.05) is 42.5 Å². The Morgan fingerprint density at radius 1 is 1.29 bits per heavy atom. The van der Waals surface area contributed by atoms with Crippen molar-refractivity contribution in [3.63, 3.8) is 0 Å². The van der Waals surface area contributed by atoms with E-state index in [0.717, 1.165) is 24.5 Å². The Bertz CT molecular complexity index is 269. The first-order valence-corrected chi connectivity index (χ1v) is 7.09. The molecule has 0 aliphatic heterocycles. The monoisotopic (exact) mass is 204 g/mol. The molecule has 1 aromatic carbocycles. The molecule has 0 amide bonds. The van der Waals surface area contributed by atoms with Gasteiger partial charge in [0.15, 0.2) is 0 Å². The molecule has 0 unspecified atom stereocenters. The molecule has 0 atom stereocenters. The van der Waals surface area contributed by atoms with E-state index in [-0.39, 0.29) is 0 Å². The second-order valence-corrected chi connectivity index (χ2v) is 5.92. The van der Waals surface area contributed by atoms with Crippen LogP contribution in [-0.4, -0.2) is 19.9 Å². The lowest BCUT2D eigenvalue weighted by Gasteiger charge is -1.99. The van der Waals surface area contributed by atoms with E-state index in [0.29, 0.717) is 4.65 Å². The highest BCUT2D eigenvalue weighted by molar-refractivity contribution is 6.73. The van der Waals surface area contributed by atoms with E-state index < -0.39 is 15.2 Å². The van der Waals surface area contributed by atoms with Gasteiger partial charge in [0.1, 0.15) is 0 Å². The molecule has 74 valence electrons. The van der Waals surface area contributed by atoms with Crippen LogP contribution in [0.4, 0.5) is 0 Å². The molecule has 1 nitrogen and oxygen atoms in total. The molecule has 0 radical (unpaired) electrons. The molecule has 2 heteroatoms. The number of hydrogen-bond donors (Lipinski definition) is 0. The van der Waals surface area contributed by atoms with Crippen LogP contribution in [0.5, 0.6) is 0 Å². The van der Waals surface area contributed by atoms with E-state index in [1.807, 2.05) is 6.07 Å². The van der Waals surface area contributed by atoms with E-state index in [1.54, 1.807) is 0 Å². The van der Waals surface area contributed by atoms with Crippen molar-refractivity contribution in [3.05, 3.63) is 35.9 Å². The van der Waals surface area contributed by atoms with Crippen LogP contribution in [0.1, 0.15) is 25.3 Å². The van der Waals surface area contributed by atoms with Crippen molar-refractivity contribution in [3.8, 4) is 0 Å². The summed E-state index contributed by atoms with van der Waals surface area (Å²) in [5.41, 5.74) is 1.35. The summed E-state index contributed by atoms with van der Waals surface area (Å²) in [6.45, 7) is 2.11. The van der Waals surface area contributed by atoms with Gasteiger partial charge in [0.2, 0.25) is 0 Å². The van der Waals surface area contributed by atoms with Gasteiger partial charge < -0.3 is 4.79 Å². The summed E-state index contributed by atoms with van der Waals surface area (Å²) >= 11 is -0.393. The third-order valence-electron chi connectivity index (χ3n) is 2.29. The Kier molecular flexibility index (Phi) is 5.60. The molecule has 1 aromatic rings. The topological polar surface area (TPSA) is 17.1 Å². The Morgan fingerprint density at radius 3 is 2.64 bits per heavy atom. The average molecular weight is 204 g/mol. The summed E-state index contributed by atoms with van der Waals surface area (Å²) in [5.74, 6) is 0. The summed E-state index contributed by atoms with van der Waals surface area (Å²) in [6, 6.07) is 10.4. The molecular formula is C12H17AlO. The average Bonchev–Trinajstić information content (AvgIpc) is 2.20. The van der Waals surface area contributed by atoms with E-state index in [9.17, 15) is 4.79 Å². The summed E-state index contributed by atoms with van der Waals surface area (Å²) in [7, 11) is 0. The van der Waals surface area contributed by atoms with Gasteiger partial charge in [-0.15, -0.1) is 0 Å². The van der Waals surface area contributed by atoms with Crippen LogP contribution in [0.3, 0.4) is 0 Å². The van der Waals surface area contributed by atoms with Crippen LogP contribution in [-0.2, 0) is 11.2 Å². The zero-order valence-electron chi connectivity index (χ0n) is 8.83. The maximum absolute atomic E-state index is 11.3. The largest absolute Gasteiger partial charge is 0.342 e. The molecule has 0 fully saturated rings. The van der Waals surface area contributed by atoms with Gasteiger partial charge in [0.05, 0.1) is 0 Å². The second-order valence-electron chi connectivity index (χ2n) is 3.63. The quantitative estimate of drug-likeness (QED) is 0.650. The molecular weight excluding hydrogens is 187 g/mol. The predicted octanol–water partition coefficient (Wildman–Crippen LogP) is 2.41. The number of rotatable bonds is 6. The van der Waals surface area contributed by atoms with Gasteiger partial charge in [-0.25, -0.2) is 0 Å². The Hall–Kier alpha value is -0.578. The first kappa shape index (κ1) is 11.5. The first-order valence-electron chi connectivity index (χ1n) is 5.38. The van der Waals surface area contributed by atoms with Crippen LogP contribution < -0.4 is 0 Å². The van der Waals surface area contributed by atoms with Crippen molar-refractivity contribution < 1.29 is 4.79 Å². The Morgan fingerprint density at radius 2 is 2.00 bits per heavy atom. The minimum Gasteiger partial charge on any atom is -0.321 e. The maximum atomic E-state index is 11.3. The fraction of sp³-hybridized carbons (Fsp3) is 0.417. The molecule has 0 bridgehead atoms. The minimum absolute atomic E-state index is 0.393. The van der Waals surface area contributed by atoms with Gasteiger partial charge in [-0.05, 0) is 24.8 Å². The lowest BCUT2D eigenvalue weighted by Crippen LogP contribution is -2.07. The van der Waals surface area contributed by atoms with Crippen molar-refractivity contribution in [2.45, 2.75) is 31.5 Å². The fourth-order valence-corrected chi connectivity index (χ4v) is 2.60. The van der Waals surface area contributed by atoms with Crippen LogP contribution in [0.15, 0.2) is 30.3 Å². The van der Waals surface area contributed by atoms with Gasteiger partial charge in [-0.3, -0.25) is 0 Å². The van der Waals surface area contributed by atoms with Crippen molar-refractivity contribution in [1.82, 2.24) is 0 Å². The lowest BCUT2D eigenvalue weighted by atomic mass is 10.1. The Labute approximate surface area is 92.2 Å². The third kappa shape index (κ3) is 4.60. The molecule has 14 heavy (non-hydrogen) atoms. The van der Waals surface area contributed by atoms with Gasteiger partial charge in [0, 0.05) is 4.65 Å². The third-order valence-corrected chi connectivity index (χ3v) is 3.70. The SMILES string of the molecule is C[CH2][AlH][C](=O)CCCc1ccccc1. The van der Waals surface area contributed by atoms with Crippen LogP contribution in [0.25, 0.3) is 0 Å². The van der Waals surface area contributed by atoms with Gasteiger partial charge >= 0.3 is 15.2 Å². The van der Waals surface area contributed by atoms with Crippen molar-refractivity contribution >= 4 is 19.9 Å². The predicted molar refractivity (Wildman–Crippen MR) is 62.0 cm³/mol. The molecule has 0 saturated heterocycles. The highest BCUT2D eigenvalue weighted by Crippen LogP contribution is 2.04. The van der Waals surface area contributed by atoms with Crippen molar-refractivity contribution in [1.29, 1.82) is 0 Å². The van der Waals surface area contributed by atoms with Gasteiger partial charge in [-0.2, -0.15) is 0 Å². The van der Waals surface area contributed by atoms with E-state index >= 15 is 0 Å². The summed E-state index contributed by atoms with van der Waals surface area (Å²) < 4.78 is 0.545. The number of aryl methyl sites for hydroxylation is 1. The Balaban J connectivity index is 2.19. The summed E-state index contributed by atoms with van der Waals surface area (Å²) in [5, 5.41) is 1.12. The van der Waals surface area contributed by atoms with Crippen LogP contribution in [0, 0.1) is 0 Å². The summed E-state index contributed by atoms with van der Waals surface area (Å²) in [4.78, 5) is 11.3. The van der Waals surface area contributed by atoms with Crippen molar-refractivity contribution in [2.75, 3.05) is 0 Å². The standard InChI is InChI=1S/C10H11O.C2H5.Al.H/c11-9-5-4-8-10-6-2-1-3-7-10;1-2;;/h1-3,6-7H,4-5,8H2;1H2,2H3;;. The number of hydrogen-bond acceptors (Lipinski definition) is 1. The zero-order valence-corrected chi connectivity index (χ0v) is 10.2. The molecule has 0 heterocycles. The highest BCUT2D eigenvalue weighted by Gasteiger charge is 2.02. The van der Waals surface area contributed by atoms with Gasteiger partial charge in [0.25, 0.3) is 0 Å². The highest BCUT2D eigenvalue weighted by atomic mass is 27.1.